The summed E-state index contributed by atoms with van der Waals surface area (Å²) in [5.74, 6) is -0.251. The van der Waals surface area contributed by atoms with Crippen LogP contribution in [0.15, 0.2) is 67.4 Å². The average molecular weight is 507 g/mol. The van der Waals surface area contributed by atoms with Crippen LogP contribution in [0.2, 0.25) is 0 Å². The van der Waals surface area contributed by atoms with E-state index in [0.29, 0.717) is 23.0 Å². The van der Waals surface area contributed by atoms with Gasteiger partial charge < -0.3 is 22.0 Å². The Kier molecular flexibility index (Phi) is 6.97. The van der Waals surface area contributed by atoms with E-state index in [1.54, 1.807) is 6.20 Å². The molecule has 0 aliphatic carbocycles. The number of alkyl halides is 3. The first kappa shape index (κ1) is 25.6. The number of hydrogen-bond donors (Lipinski definition) is 1. The van der Waals surface area contributed by atoms with Gasteiger partial charge in [0.05, 0.1) is 24.2 Å². The summed E-state index contributed by atoms with van der Waals surface area (Å²) in [6.07, 6.45) is -0.117. The maximum Gasteiger partial charge on any atom is 0.416 e. The predicted octanol–water partition coefficient (Wildman–Crippen LogP) is 3.04. The van der Waals surface area contributed by atoms with Crippen LogP contribution >= 0.6 is 0 Å². The zero-order valence-corrected chi connectivity index (χ0v) is 19.8. The molecule has 35 heavy (non-hydrogen) atoms. The van der Waals surface area contributed by atoms with Gasteiger partial charge in [-0.05, 0) is 41.8 Å². The summed E-state index contributed by atoms with van der Waals surface area (Å²) in [4.78, 5) is 4.40. The van der Waals surface area contributed by atoms with Crippen molar-refractivity contribution in [3.05, 3.63) is 89.9 Å². The van der Waals surface area contributed by atoms with Crippen molar-refractivity contribution in [2.45, 2.75) is 37.7 Å². The molecule has 0 saturated carbocycles. The van der Waals surface area contributed by atoms with Crippen molar-refractivity contribution in [3.63, 3.8) is 0 Å². The van der Waals surface area contributed by atoms with E-state index >= 15 is 0 Å². The van der Waals surface area contributed by atoms with E-state index in [1.165, 1.54) is 6.07 Å². The van der Waals surface area contributed by atoms with Gasteiger partial charge in [0.2, 0.25) is 0 Å². The number of nitrogens with zero attached hydrogens (tertiary/aromatic N) is 2. The Morgan fingerprint density at radius 3 is 2.66 bits per heavy atom. The zero-order valence-electron chi connectivity index (χ0n) is 19.1. The van der Waals surface area contributed by atoms with Crippen molar-refractivity contribution in [1.82, 2.24) is 4.98 Å². The Morgan fingerprint density at radius 2 is 1.94 bits per heavy atom. The maximum absolute atomic E-state index is 14.9. The molecule has 3 saturated heterocycles. The quantitative estimate of drug-likeness (QED) is 0.328. The normalized spacial score (nSPS) is 26.8. The molecular formula is C27H27ClF4N2O. The fourth-order valence-electron chi connectivity index (χ4n) is 6.16. The van der Waals surface area contributed by atoms with Crippen LogP contribution in [0.5, 0.6) is 0 Å². The number of fused-ring (bicyclic) bond motifs is 4. The van der Waals surface area contributed by atoms with Gasteiger partial charge in [0.15, 0.2) is 0 Å². The second kappa shape index (κ2) is 9.52. The maximum atomic E-state index is 14.9. The molecule has 3 aliphatic rings. The summed E-state index contributed by atoms with van der Waals surface area (Å²) >= 11 is 0. The number of pyridine rings is 1. The Hall–Kier alpha value is -2.48. The summed E-state index contributed by atoms with van der Waals surface area (Å²) in [5.41, 5.74) is 0.825. The molecule has 6 rings (SSSR count). The van der Waals surface area contributed by atoms with E-state index in [1.807, 2.05) is 36.4 Å². The highest BCUT2D eigenvalue weighted by Gasteiger charge is 2.54. The van der Waals surface area contributed by atoms with E-state index in [2.05, 4.69) is 11.6 Å². The van der Waals surface area contributed by atoms with Gasteiger partial charge in [-0.25, -0.2) is 4.39 Å². The molecule has 8 heteroatoms. The number of hydrogen-bond acceptors (Lipinski definition) is 2. The van der Waals surface area contributed by atoms with Crippen LogP contribution in [0, 0.1) is 17.7 Å². The first-order valence-corrected chi connectivity index (χ1v) is 11.6. The first-order chi connectivity index (χ1) is 16.2. The summed E-state index contributed by atoms with van der Waals surface area (Å²) < 4.78 is 54.5. The van der Waals surface area contributed by atoms with Crippen LogP contribution in [-0.2, 0) is 12.7 Å². The molecule has 1 N–H and O–H groups in total. The van der Waals surface area contributed by atoms with E-state index in [-0.39, 0.29) is 36.5 Å². The monoisotopic (exact) mass is 506 g/mol. The standard InChI is InChI=1S/C27H27F4N2O.ClH/c1-2-17-15-33(16-19-7-8-20(14-23(19)28)27(29,30)31)12-10-18(17)13-25(33)26(34)22-9-11-32-24-6-4-3-5-21(22)24;/h2-9,11,14,17-18,25-26,34H,1,10,12-13,15-16H2;1H/q+1;/p-1/t17-,18-,25+,26-,33?;/m0./s1. The number of aromatic nitrogens is 1. The summed E-state index contributed by atoms with van der Waals surface area (Å²) in [7, 11) is 0. The van der Waals surface area contributed by atoms with E-state index in [9.17, 15) is 22.7 Å². The van der Waals surface area contributed by atoms with Crippen molar-refractivity contribution in [3.8, 4) is 0 Å². The molecule has 2 bridgehead atoms. The van der Waals surface area contributed by atoms with Crippen molar-refractivity contribution >= 4 is 10.9 Å². The van der Waals surface area contributed by atoms with Crippen LogP contribution in [-0.4, -0.2) is 33.7 Å². The van der Waals surface area contributed by atoms with Crippen LogP contribution in [0.25, 0.3) is 10.9 Å². The molecule has 3 nitrogen and oxygen atoms in total. The van der Waals surface area contributed by atoms with Crippen molar-refractivity contribution in [2.24, 2.45) is 11.8 Å². The number of aliphatic hydroxyl groups excluding tert-OH is 1. The van der Waals surface area contributed by atoms with Gasteiger partial charge in [0, 0.05) is 35.9 Å². The molecule has 1 aromatic heterocycles. The lowest BCUT2D eigenvalue weighted by molar-refractivity contribution is -0.985. The van der Waals surface area contributed by atoms with Gasteiger partial charge in [0.1, 0.15) is 24.5 Å². The Bertz CT molecular complexity index is 1230. The Morgan fingerprint density at radius 1 is 1.17 bits per heavy atom. The van der Waals surface area contributed by atoms with Gasteiger partial charge >= 0.3 is 6.18 Å². The number of para-hydroxylation sites is 1. The lowest BCUT2D eigenvalue weighted by Crippen LogP contribution is -3.00. The minimum atomic E-state index is -4.59. The topological polar surface area (TPSA) is 33.1 Å². The third kappa shape index (κ3) is 4.57. The number of halogens is 5. The third-order valence-electron chi connectivity index (χ3n) is 7.91. The first-order valence-electron chi connectivity index (χ1n) is 11.6. The molecular weight excluding hydrogens is 480 g/mol. The molecule has 5 atom stereocenters. The summed E-state index contributed by atoms with van der Waals surface area (Å²) in [6, 6.07) is 12.0. The Balaban J connectivity index is 0.00000289. The highest BCUT2D eigenvalue weighted by Crippen LogP contribution is 2.48. The third-order valence-corrected chi connectivity index (χ3v) is 7.91. The van der Waals surface area contributed by atoms with Crippen molar-refractivity contribution in [1.29, 1.82) is 0 Å². The fourth-order valence-corrected chi connectivity index (χ4v) is 6.16. The minimum Gasteiger partial charge on any atom is -1.00 e. The summed E-state index contributed by atoms with van der Waals surface area (Å²) in [5, 5.41) is 12.6. The average Bonchev–Trinajstić information content (AvgIpc) is 2.84. The molecule has 0 amide bonds. The van der Waals surface area contributed by atoms with Gasteiger partial charge in [-0.1, -0.05) is 24.3 Å². The van der Waals surface area contributed by atoms with Crippen LogP contribution < -0.4 is 12.4 Å². The number of quaternary nitrogens is 1. The molecule has 1 unspecified atom stereocenters. The molecule has 4 heterocycles. The number of piperidine rings is 3. The van der Waals surface area contributed by atoms with Crippen molar-refractivity contribution in [2.75, 3.05) is 13.1 Å². The number of rotatable bonds is 5. The SMILES string of the molecule is C=C[C@H]1C[N+]2(Cc3ccc(C(F)(F)F)cc3F)CC[C@H]1C[C@@H]2[C@@H](O)c1ccnc2ccccc12.[Cl-]. The number of benzene rings is 2. The Labute approximate surface area is 208 Å². The van der Waals surface area contributed by atoms with Crippen molar-refractivity contribution < 1.29 is 39.6 Å². The molecule has 0 spiro atoms. The summed E-state index contributed by atoms with van der Waals surface area (Å²) in [6.45, 7) is 5.63. The molecule has 0 radical (unpaired) electrons. The minimum absolute atomic E-state index is 0. The highest BCUT2D eigenvalue weighted by molar-refractivity contribution is 5.82. The van der Waals surface area contributed by atoms with E-state index in [0.717, 1.165) is 41.9 Å². The largest absolute Gasteiger partial charge is 1.00 e. The molecule has 186 valence electrons. The second-order valence-electron chi connectivity index (χ2n) is 9.70. The predicted molar refractivity (Wildman–Crippen MR) is 122 cm³/mol. The molecule has 3 aromatic rings. The molecule has 3 fully saturated rings. The van der Waals surface area contributed by atoms with Gasteiger partial charge in [0.25, 0.3) is 0 Å². The lowest BCUT2D eigenvalue weighted by Gasteiger charge is -2.58. The zero-order chi connectivity index (χ0) is 24.1. The molecule has 3 aliphatic heterocycles. The van der Waals surface area contributed by atoms with Crippen LogP contribution in [0.4, 0.5) is 17.6 Å². The second-order valence-corrected chi connectivity index (χ2v) is 9.70. The van der Waals surface area contributed by atoms with Crippen LogP contribution in [0.1, 0.15) is 35.6 Å². The van der Waals surface area contributed by atoms with E-state index in [4.69, 9.17) is 0 Å². The highest BCUT2D eigenvalue weighted by atomic mass is 35.5. The lowest BCUT2D eigenvalue weighted by atomic mass is 9.71. The fraction of sp³-hybridized carbons (Fsp3) is 0.370. The van der Waals surface area contributed by atoms with Gasteiger partial charge in [-0.3, -0.25) is 4.98 Å². The van der Waals surface area contributed by atoms with Crippen LogP contribution in [0.3, 0.4) is 0 Å². The number of aliphatic hydroxyl groups is 1. The smallest absolute Gasteiger partial charge is 0.416 e. The van der Waals surface area contributed by atoms with E-state index < -0.39 is 23.7 Å². The van der Waals surface area contributed by atoms with Gasteiger partial charge in [-0.15, -0.1) is 6.58 Å². The molecule has 2 aromatic carbocycles. The van der Waals surface area contributed by atoms with Gasteiger partial charge in [-0.2, -0.15) is 13.2 Å².